The minimum Gasteiger partial charge on any atom is -0.508 e. The van der Waals surface area contributed by atoms with Crippen molar-refractivity contribution in [2.24, 2.45) is 43.6 Å². The smallest absolute Gasteiger partial charge is 0.347 e. The zero-order valence-electron chi connectivity index (χ0n) is 55.2. The van der Waals surface area contributed by atoms with Gasteiger partial charge in [-0.3, -0.25) is 24.0 Å². The molecule has 7 N–H and O–H groups in total. The van der Waals surface area contributed by atoms with Crippen LogP contribution in [0.3, 0.4) is 0 Å². The van der Waals surface area contributed by atoms with E-state index in [1.54, 1.807) is 50.2 Å². The van der Waals surface area contributed by atoms with Gasteiger partial charge in [0.25, 0.3) is 0 Å². The number of rotatable bonds is 20. The fourth-order valence-corrected chi connectivity index (χ4v) is 8.00. The van der Waals surface area contributed by atoms with Gasteiger partial charge in [-0.15, -0.1) is 0 Å². The number of hydrogen-bond acceptors (Lipinski definition) is 12. The number of phenolic OH excluding ortho intramolecular Hbond substituents is 2. The molecule has 0 aliphatic carbocycles. The first-order valence-electron chi connectivity index (χ1n) is 29.4. The largest absolute Gasteiger partial charge is 0.508 e. The Morgan fingerprint density at radius 3 is 1.65 bits per heavy atom. The quantitative estimate of drug-likeness (QED) is 0.0275. The molecule has 0 fully saturated rings. The van der Waals surface area contributed by atoms with Crippen LogP contribution in [0, 0.1) is 37.9 Å². The molecule has 0 amide bonds. The molecule has 0 saturated carbocycles. The van der Waals surface area contributed by atoms with E-state index in [2.05, 4.69) is 58.3 Å². The number of H-pyrrole nitrogens is 1. The number of esters is 1. The third kappa shape index (κ3) is 27.6. The van der Waals surface area contributed by atoms with Crippen LogP contribution in [0.1, 0.15) is 212 Å². The number of aliphatic hydroxyl groups excluding tert-OH is 2. The molecule has 2 atom stereocenters. The number of aromatic amines is 1. The lowest BCUT2D eigenvalue weighted by atomic mass is 9.73. The van der Waals surface area contributed by atoms with Crippen LogP contribution < -0.4 is 10.5 Å². The van der Waals surface area contributed by atoms with Crippen LogP contribution >= 0.6 is 0 Å². The van der Waals surface area contributed by atoms with Gasteiger partial charge >= 0.3 is 5.97 Å². The van der Waals surface area contributed by atoms with Crippen molar-refractivity contribution < 1.29 is 53.9 Å². The Balaban J connectivity index is 0.00000104. The first-order valence-corrected chi connectivity index (χ1v) is 29.4. The molecule has 1 heterocycles. The summed E-state index contributed by atoms with van der Waals surface area (Å²) in [6, 6.07) is 18.2. The Labute approximate surface area is 505 Å². The Kier molecular flexibility index (Phi) is 31.5. The second-order valence-electron chi connectivity index (χ2n) is 27.9. The van der Waals surface area contributed by atoms with Crippen LogP contribution in [0.25, 0.3) is 16.5 Å². The lowest BCUT2D eigenvalue weighted by molar-refractivity contribution is -0.135. The van der Waals surface area contributed by atoms with Crippen LogP contribution in [0.15, 0.2) is 104 Å². The fourth-order valence-electron chi connectivity index (χ4n) is 8.00. The van der Waals surface area contributed by atoms with E-state index in [1.165, 1.54) is 12.1 Å². The molecular formula is C71H108N2O11. The molecule has 13 heteroatoms. The molecule has 0 saturated heterocycles. The highest BCUT2D eigenvalue weighted by molar-refractivity contribution is 5.95. The first-order chi connectivity index (χ1) is 38.3. The predicted molar refractivity (Wildman–Crippen MR) is 345 cm³/mol. The van der Waals surface area contributed by atoms with Crippen molar-refractivity contribution in [3.8, 4) is 17.2 Å². The monoisotopic (exact) mass is 1160 g/mol. The summed E-state index contributed by atoms with van der Waals surface area (Å²) in [5.74, 6) is 0.462. The summed E-state index contributed by atoms with van der Waals surface area (Å²) in [7, 11) is 0. The van der Waals surface area contributed by atoms with Gasteiger partial charge in [-0.05, 0) is 85.1 Å². The van der Waals surface area contributed by atoms with E-state index in [0.29, 0.717) is 43.0 Å². The average molecular weight is 1170 g/mol. The molecule has 0 aliphatic heterocycles. The summed E-state index contributed by atoms with van der Waals surface area (Å²) in [4.78, 5) is 74.2. The SMILES string of the molecule is C=C(c1ccccc1OC(=O)c1ccccc1O)C(C)(C)C.CC(C)(C)C(=O)CCCC(=O)[C@H](O)C(C)(C)CO.CC(C)(C)C(=O)[C@@H](N)Cc1c[nH]c2ccc(O)cc12.CC/C=C\CC(=O)C(C)(C)C.CC/C=C\CC(C)(C)C(=O)C(C)(C)C. The average Bonchev–Trinajstić information content (AvgIpc) is 4.03. The number of carbonyl (C=O) groups excluding carboxylic acids is 6. The number of aliphatic hydroxyl groups is 2. The lowest BCUT2D eigenvalue weighted by Gasteiger charge is -2.29. The number of benzene rings is 3. The van der Waals surface area contributed by atoms with Gasteiger partial charge in [0, 0.05) is 74.4 Å². The Morgan fingerprint density at radius 1 is 0.643 bits per heavy atom. The van der Waals surface area contributed by atoms with E-state index in [9.17, 15) is 44.1 Å². The van der Waals surface area contributed by atoms with Crippen molar-refractivity contribution in [3.05, 3.63) is 121 Å². The Hall–Kier alpha value is -6.28. The number of hydrogen-bond donors (Lipinski definition) is 6. The second kappa shape index (κ2) is 34.0. The van der Waals surface area contributed by atoms with E-state index in [1.807, 2.05) is 133 Å². The number of nitrogens with two attached hydrogens (primary N) is 1. The highest BCUT2D eigenvalue weighted by atomic mass is 16.5. The topological polar surface area (TPSA) is 234 Å². The molecule has 4 aromatic rings. The normalized spacial score (nSPS) is 13.0. The molecule has 3 aromatic carbocycles. The minimum atomic E-state index is -1.17. The molecule has 0 unspecified atom stereocenters. The van der Waals surface area contributed by atoms with Crippen LogP contribution in [-0.4, -0.2) is 79.0 Å². The van der Waals surface area contributed by atoms with E-state index in [0.717, 1.165) is 46.9 Å². The summed E-state index contributed by atoms with van der Waals surface area (Å²) in [6.07, 6.45) is 13.8. The number of allylic oxidation sites excluding steroid dienone is 5. The minimum absolute atomic E-state index is 0.0435. The van der Waals surface area contributed by atoms with Crippen molar-refractivity contribution >= 4 is 51.4 Å². The highest BCUT2D eigenvalue weighted by Gasteiger charge is 2.35. The molecule has 84 heavy (non-hydrogen) atoms. The van der Waals surface area contributed by atoms with Crippen LogP contribution in [0.2, 0.25) is 0 Å². The molecule has 4 rings (SSSR count). The summed E-state index contributed by atoms with van der Waals surface area (Å²) < 4.78 is 5.47. The van der Waals surface area contributed by atoms with E-state index in [-0.39, 0.29) is 74.5 Å². The van der Waals surface area contributed by atoms with Crippen molar-refractivity contribution in [2.75, 3.05) is 6.61 Å². The van der Waals surface area contributed by atoms with Gasteiger partial charge in [-0.2, -0.15) is 0 Å². The fraction of sp³-hybridized carbons (Fsp3) is 0.549. The molecule has 0 radical (unpaired) electrons. The predicted octanol–water partition coefficient (Wildman–Crippen LogP) is 15.7. The zero-order valence-corrected chi connectivity index (χ0v) is 55.2. The number of para-hydroxylation sites is 2. The van der Waals surface area contributed by atoms with Crippen molar-refractivity contribution in [2.45, 2.75) is 209 Å². The number of ether oxygens (including phenoxy) is 1. The third-order valence-corrected chi connectivity index (χ3v) is 13.7. The molecule has 1 aromatic heterocycles. The van der Waals surface area contributed by atoms with Gasteiger partial charge in [0.05, 0.1) is 12.6 Å². The number of carbonyl (C=O) groups is 6. The Bertz CT molecular complexity index is 2830. The number of aromatic hydroxyl groups is 2. The van der Waals surface area contributed by atoms with E-state index < -0.39 is 28.9 Å². The van der Waals surface area contributed by atoms with Crippen molar-refractivity contribution in [1.29, 1.82) is 0 Å². The summed E-state index contributed by atoms with van der Waals surface area (Å²) in [5.41, 5.74) is 7.26. The number of nitrogens with one attached hydrogen (secondary N) is 1. The third-order valence-electron chi connectivity index (χ3n) is 13.7. The maximum absolute atomic E-state index is 12.2. The summed E-state index contributed by atoms with van der Waals surface area (Å²) >= 11 is 0. The van der Waals surface area contributed by atoms with Gasteiger partial charge in [-0.1, -0.05) is 207 Å². The lowest BCUT2D eigenvalue weighted by Crippen LogP contribution is -2.40. The van der Waals surface area contributed by atoms with Gasteiger partial charge in [0.1, 0.15) is 46.3 Å². The maximum atomic E-state index is 12.2. The van der Waals surface area contributed by atoms with Gasteiger partial charge in [0.15, 0.2) is 11.6 Å². The van der Waals surface area contributed by atoms with Crippen molar-refractivity contribution in [1.82, 2.24) is 4.98 Å². The highest BCUT2D eigenvalue weighted by Crippen LogP contribution is 2.38. The zero-order chi connectivity index (χ0) is 65.4. The van der Waals surface area contributed by atoms with Crippen LogP contribution in [0.5, 0.6) is 17.2 Å². The molecule has 468 valence electrons. The molecule has 0 spiro atoms. The summed E-state index contributed by atoms with van der Waals surface area (Å²) in [5, 5.41) is 39.0. The van der Waals surface area contributed by atoms with Gasteiger partial charge < -0.3 is 35.9 Å². The van der Waals surface area contributed by atoms with Crippen molar-refractivity contribution in [3.63, 3.8) is 0 Å². The first kappa shape index (κ1) is 77.7. The van der Waals surface area contributed by atoms with Gasteiger partial charge in [-0.25, -0.2) is 4.79 Å². The van der Waals surface area contributed by atoms with Crippen LogP contribution in [-0.2, 0) is 30.4 Å². The second-order valence-corrected chi connectivity index (χ2v) is 27.9. The molecule has 0 aliphatic rings. The van der Waals surface area contributed by atoms with Crippen LogP contribution in [0.4, 0.5) is 0 Å². The van der Waals surface area contributed by atoms with E-state index in [4.69, 9.17) is 15.6 Å². The molecule has 13 nitrogen and oxygen atoms in total. The molecule has 0 bridgehead atoms. The number of aromatic nitrogens is 1. The maximum Gasteiger partial charge on any atom is 0.347 e. The number of fused-ring (bicyclic) bond motifs is 1. The molecular weight excluding hydrogens is 1060 g/mol. The number of ketones is 5. The van der Waals surface area contributed by atoms with Gasteiger partial charge in [0.2, 0.25) is 0 Å². The number of phenols is 2. The standard InChI is InChI=1S/C19H20O3.C15H20N2O2.C14H26O4.C13H24O.C10H18O/c1-13(19(2,3)4)14-9-6-8-12-17(14)22-18(21)15-10-5-7-11-16(15)20;1-15(2,3)14(19)12(16)6-9-8-17-13-5-4-10(18)7-11(9)13;1-13(2,3)11(17)8-6-7-10(16)12(18)14(4,5)9-15;1-7-8-9-10-13(5,6)11(14)12(2,3)4;1-5-6-7-8-9(11)10(2,3)4/h5-12,20H,1H2,2-4H3;4-5,7-8,12,17-18H,6,16H2,1-3H3;12,15,18H,6-9H2,1-5H3;8-9H,7,10H2,1-6H3;6-7H,5,8H2,1-4H3/b;;;9-8-;7-6-/t;2*12-;;/m.00../s1. The van der Waals surface area contributed by atoms with E-state index >= 15 is 0 Å². The Morgan fingerprint density at radius 2 is 1.17 bits per heavy atom. The number of Topliss-reactive ketones (excluding diaryl/α,β-unsaturated/α-hetero) is 5. The summed E-state index contributed by atoms with van der Waals surface area (Å²) in [6.45, 7) is 44.5.